The van der Waals surface area contributed by atoms with E-state index in [1.54, 1.807) is 37.4 Å². The van der Waals surface area contributed by atoms with Crippen LogP contribution in [0.3, 0.4) is 0 Å². The lowest BCUT2D eigenvalue weighted by Crippen LogP contribution is -2.13. The van der Waals surface area contributed by atoms with Crippen molar-refractivity contribution in [2.75, 3.05) is 11.9 Å². The first-order valence-electron chi connectivity index (χ1n) is 7.62. The van der Waals surface area contributed by atoms with Gasteiger partial charge in [-0.15, -0.1) is 0 Å². The highest BCUT2D eigenvalue weighted by Crippen LogP contribution is 2.22. The third-order valence-electron chi connectivity index (χ3n) is 3.41. The van der Waals surface area contributed by atoms with Crippen molar-refractivity contribution in [2.24, 2.45) is 0 Å². The lowest BCUT2D eigenvalue weighted by Gasteiger charge is -2.07. The van der Waals surface area contributed by atoms with Crippen LogP contribution in [0.2, 0.25) is 5.02 Å². The highest BCUT2D eigenvalue weighted by atomic mass is 35.5. The monoisotopic (exact) mass is 359 g/mol. The van der Waals surface area contributed by atoms with Crippen LogP contribution >= 0.6 is 11.6 Å². The van der Waals surface area contributed by atoms with Crippen LogP contribution in [-0.4, -0.2) is 22.3 Å². The summed E-state index contributed by atoms with van der Waals surface area (Å²) in [6, 6.07) is 13.0. The highest BCUT2D eigenvalue weighted by molar-refractivity contribution is 6.32. The Kier molecular flexibility index (Phi) is 5.00. The van der Waals surface area contributed by atoms with Gasteiger partial charge in [0.25, 0.3) is 5.91 Å². The van der Waals surface area contributed by atoms with Gasteiger partial charge in [0, 0.05) is 18.0 Å². The predicted octanol–water partition coefficient (Wildman–Crippen LogP) is 4.32. The van der Waals surface area contributed by atoms with Gasteiger partial charge in [-0.2, -0.15) is 5.10 Å². The summed E-state index contributed by atoms with van der Waals surface area (Å²) in [7, 11) is 0. The fraction of sp³-hybridized carbons (Fsp3) is 0.111. The summed E-state index contributed by atoms with van der Waals surface area (Å²) in [5.41, 5.74) is 1.17. The number of aromatic nitrogens is 2. The molecule has 25 heavy (non-hydrogen) atoms. The first kappa shape index (κ1) is 17.0. The molecule has 0 aliphatic carbocycles. The van der Waals surface area contributed by atoms with Crippen LogP contribution in [0, 0.1) is 5.82 Å². The summed E-state index contributed by atoms with van der Waals surface area (Å²) in [6.45, 7) is 2.13. The van der Waals surface area contributed by atoms with E-state index in [-0.39, 0.29) is 11.4 Å². The Labute approximate surface area is 149 Å². The molecule has 7 heteroatoms. The average molecular weight is 360 g/mol. The number of ether oxygens (including phenoxy) is 1. The Balaban J connectivity index is 1.76. The second kappa shape index (κ2) is 7.36. The molecule has 0 saturated carbocycles. The van der Waals surface area contributed by atoms with Gasteiger partial charge >= 0.3 is 0 Å². The minimum atomic E-state index is -0.541. The van der Waals surface area contributed by atoms with Crippen molar-refractivity contribution in [2.45, 2.75) is 6.92 Å². The maximum Gasteiger partial charge on any atom is 0.276 e. The molecule has 1 N–H and O–H groups in total. The van der Waals surface area contributed by atoms with Crippen LogP contribution in [-0.2, 0) is 0 Å². The normalized spacial score (nSPS) is 10.5. The number of carbonyl (C=O) groups excluding carboxylic acids is 1. The zero-order valence-corrected chi connectivity index (χ0v) is 14.1. The van der Waals surface area contributed by atoms with Gasteiger partial charge in [0.05, 0.1) is 17.3 Å². The molecule has 0 bridgehead atoms. The van der Waals surface area contributed by atoms with Crippen molar-refractivity contribution in [3.05, 3.63) is 71.3 Å². The predicted molar refractivity (Wildman–Crippen MR) is 94.1 cm³/mol. The van der Waals surface area contributed by atoms with Gasteiger partial charge in [-0.3, -0.25) is 4.79 Å². The van der Waals surface area contributed by atoms with Crippen molar-refractivity contribution >= 4 is 23.2 Å². The van der Waals surface area contributed by atoms with Crippen LogP contribution in [0.5, 0.6) is 5.75 Å². The van der Waals surface area contributed by atoms with Crippen LogP contribution in [0.4, 0.5) is 10.1 Å². The topological polar surface area (TPSA) is 56.1 Å². The largest absolute Gasteiger partial charge is 0.491 e. The molecule has 3 aromatic rings. The molecule has 3 rings (SSSR count). The lowest BCUT2D eigenvalue weighted by molar-refractivity contribution is 0.102. The van der Waals surface area contributed by atoms with E-state index in [4.69, 9.17) is 16.3 Å². The van der Waals surface area contributed by atoms with Crippen molar-refractivity contribution < 1.29 is 13.9 Å². The molecule has 0 unspecified atom stereocenters. The lowest BCUT2D eigenvalue weighted by atomic mass is 10.2. The van der Waals surface area contributed by atoms with Crippen molar-refractivity contribution in [1.82, 2.24) is 9.78 Å². The molecular formula is C18H15ClFN3O2. The van der Waals surface area contributed by atoms with Crippen molar-refractivity contribution in [1.29, 1.82) is 0 Å². The number of hydrogen-bond acceptors (Lipinski definition) is 3. The van der Waals surface area contributed by atoms with Crippen molar-refractivity contribution in [3.8, 4) is 11.4 Å². The van der Waals surface area contributed by atoms with Gasteiger partial charge < -0.3 is 10.1 Å². The van der Waals surface area contributed by atoms with E-state index in [1.807, 2.05) is 12.1 Å². The number of benzene rings is 2. The SMILES string of the molecule is CCOc1ccc(NC(=O)c2ccn(-c3ccccc3Cl)n2)cc1F. The van der Waals surface area contributed by atoms with Crippen LogP contribution < -0.4 is 10.1 Å². The Morgan fingerprint density at radius 2 is 2.08 bits per heavy atom. The molecule has 1 heterocycles. The van der Waals surface area contributed by atoms with Gasteiger partial charge in [-0.05, 0) is 37.3 Å². The Morgan fingerprint density at radius 3 is 2.80 bits per heavy atom. The molecule has 1 amide bonds. The molecule has 0 aliphatic rings. The van der Waals surface area contributed by atoms with Crippen LogP contribution in [0.25, 0.3) is 5.69 Å². The molecule has 0 saturated heterocycles. The fourth-order valence-electron chi connectivity index (χ4n) is 2.26. The second-order valence-electron chi connectivity index (χ2n) is 5.13. The molecule has 0 atom stereocenters. The number of nitrogens with one attached hydrogen (secondary N) is 1. The number of nitrogens with zero attached hydrogens (tertiary/aromatic N) is 2. The highest BCUT2D eigenvalue weighted by Gasteiger charge is 2.13. The molecule has 0 spiro atoms. The van der Waals surface area contributed by atoms with E-state index in [9.17, 15) is 9.18 Å². The standard InChI is InChI=1S/C18H15ClFN3O2/c1-2-25-17-8-7-12(11-14(17)20)21-18(24)15-9-10-23(22-15)16-6-4-3-5-13(16)19/h3-11H,2H2,1H3,(H,21,24). The zero-order chi connectivity index (χ0) is 17.8. The first-order chi connectivity index (χ1) is 12.1. The van der Waals surface area contributed by atoms with Gasteiger partial charge in [0.1, 0.15) is 0 Å². The van der Waals surface area contributed by atoms with E-state index in [2.05, 4.69) is 10.4 Å². The maximum atomic E-state index is 13.8. The molecule has 0 radical (unpaired) electrons. The van der Waals surface area contributed by atoms with E-state index >= 15 is 0 Å². The number of carbonyl (C=O) groups is 1. The third-order valence-corrected chi connectivity index (χ3v) is 3.73. The maximum absolute atomic E-state index is 13.8. The number of amides is 1. The molecule has 0 aliphatic heterocycles. The summed E-state index contributed by atoms with van der Waals surface area (Å²) in [5.74, 6) is -0.848. The summed E-state index contributed by atoms with van der Waals surface area (Å²) < 4.78 is 20.5. The second-order valence-corrected chi connectivity index (χ2v) is 5.54. The van der Waals surface area contributed by atoms with Gasteiger partial charge in [0.15, 0.2) is 17.3 Å². The molecule has 0 fully saturated rings. The summed E-state index contributed by atoms with van der Waals surface area (Å²) >= 11 is 6.12. The first-order valence-corrected chi connectivity index (χ1v) is 8.00. The van der Waals surface area contributed by atoms with Crippen molar-refractivity contribution in [3.63, 3.8) is 0 Å². The third kappa shape index (κ3) is 3.80. The van der Waals surface area contributed by atoms with E-state index < -0.39 is 11.7 Å². The molecular weight excluding hydrogens is 345 g/mol. The van der Waals surface area contributed by atoms with E-state index in [1.165, 1.54) is 16.8 Å². The summed E-state index contributed by atoms with van der Waals surface area (Å²) in [4.78, 5) is 12.3. The fourth-order valence-corrected chi connectivity index (χ4v) is 2.49. The number of hydrogen-bond donors (Lipinski definition) is 1. The number of rotatable bonds is 5. The number of halogens is 2. The average Bonchev–Trinajstić information content (AvgIpc) is 3.08. The van der Waals surface area contributed by atoms with Gasteiger partial charge in [0.2, 0.25) is 0 Å². The number of anilines is 1. The number of para-hydroxylation sites is 1. The van der Waals surface area contributed by atoms with Gasteiger partial charge in [-0.1, -0.05) is 23.7 Å². The summed E-state index contributed by atoms with van der Waals surface area (Å²) in [5, 5.41) is 7.33. The Bertz CT molecular complexity index is 911. The molecule has 128 valence electrons. The minimum absolute atomic E-state index is 0.142. The Morgan fingerprint density at radius 1 is 1.28 bits per heavy atom. The Hall–Kier alpha value is -2.86. The van der Waals surface area contributed by atoms with Gasteiger partial charge in [-0.25, -0.2) is 9.07 Å². The van der Waals surface area contributed by atoms with Crippen LogP contribution in [0.1, 0.15) is 17.4 Å². The minimum Gasteiger partial charge on any atom is -0.491 e. The molecule has 1 aromatic heterocycles. The quantitative estimate of drug-likeness (QED) is 0.738. The van der Waals surface area contributed by atoms with E-state index in [0.717, 1.165) is 0 Å². The van der Waals surface area contributed by atoms with E-state index in [0.29, 0.717) is 23.0 Å². The molecule has 2 aromatic carbocycles. The summed E-state index contributed by atoms with van der Waals surface area (Å²) in [6.07, 6.45) is 1.63. The zero-order valence-electron chi connectivity index (χ0n) is 13.4. The van der Waals surface area contributed by atoms with Crippen LogP contribution in [0.15, 0.2) is 54.7 Å². The smallest absolute Gasteiger partial charge is 0.276 e. The molecule has 5 nitrogen and oxygen atoms in total.